The topological polar surface area (TPSA) is 77.9 Å². The normalized spacial score (nSPS) is 14.9. The third-order valence-electron chi connectivity index (χ3n) is 3.72. The Bertz CT molecular complexity index is 522. The number of hydrogen-bond donors (Lipinski definition) is 1. The van der Waals surface area contributed by atoms with E-state index in [0.717, 1.165) is 0 Å². The van der Waals surface area contributed by atoms with E-state index in [4.69, 9.17) is 5.11 Å². The summed E-state index contributed by atoms with van der Waals surface area (Å²) in [6.45, 7) is 2.20. The first-order valence-electron chi connectivity index (χ1n) is 7.39. The lowest BCUT2D eigenvalue weighted by Crippen LogP contribution is -2.50. The fourth-order valence-electron chi connectivity index (χ4n) is 2.44. The molecule has 120 valence electrons. The molecule has 6 nitrogen and oxygen atoms in total. The van der Waals surface area contributed by atoms with Gasteiger partial charge in [-0.25, -0.2) is 0 Å². The number of aliphatic carboxylic acids is 1. The Morgan fingerprint density at radius 3 is 2.27 bits per heavy atom. The fourth-order valence-corrected chi connectivity index (χ4v) is 3.07. The van der Waals surface area contributed by atoms with E-state index in [-0.39, 0.29) is 18.2 Å². The van der Waals surface area contributed by atoms with Gasteiger partial charge in [-0.05, 0) is 24.3 Å². The van der Waals surface area contributed by atoms with Gasteiger partial charge in [-0.3, -0.25) is 14.4 Å². The summed E-state index contributed by atoms with van der Waals surface area (Å²) in [4.78, 5) is 38.2. The van der Waals surface area contributed by atoms with Crippen LogP contribution in [0, 0.1) is 0 Å². The first-order valence-corrected chi connectivity index (χ1v) is 8.33. The minimum Gasteiger partial charge on any atom is -0.481 e. The smallest absolute Gasteiger partial charge is 0.303 e. The molecular weight excluding hydrogens is 304 g/mol. The van der Waals surface area contributed by atoms with Crippen molar-refractivity contribution in [2.45, 2.75) is 25.7 Å². The maximum atomic E-state index is 12.2. The van der Waals surface area contributed by atoms with Crippen LogP contribution >= 0.6 is 11.3 Å². The van der Waals surface area contributed by atoms with Crippen LogP contribution in [-0.2, 0) is 9.59 Å². The summed E-state index contributed by atoms with van der Waals surface area (Å²) in [7, 11) is 0. The van der Waals surface area contributed by atoms with E-state index in [0.29, 0.717) is 51.0 Å². The van der Waals surface area contributed by atoms with Crippen molar-refractivity contribution in [2.75, 3.05) is 26.2 Å². The molecule has 1 aromatic heterocycles. The van der Waals surface area contributed by atoms with E-state index in [9.17, 15) is 14.4 Å². The lowest BCUT2D eigenvalue weighted by atomic mass is 10.1. The summed E-state index contributed by atoms with van der Waals surface area (Å²) in [5.41, 5.74) is 0.707. The van der Waals surface area contributed by atoms with Crippen LogP contribution in [0.25, 0.3) is 0 Å². The predicted octanol–water partition coefficient (Wildman–Crippen LogP) is 1.68. The van der Waals surface area contributed by atoms with Crippen molar-refractivity contribution in [3.8, 4) is 0 Å². The molecule has 0 radical (unpaired) electrons. The minimum atomic E-state index is -0.826. The average molecular weight is 324 g/mol. The second kappa shape index (κ2) is 7.93. The number of nitrogens with zero attached hydrogens (tertiary/aromatic N) is 2. The zero-order valence-corrected chi connectivity index (χ0v) is 13.2. The van der Waals surface area contributed by atoms with Crippen molar-refractivity contribution in [2.24, 2.45) is 0 Å². The molecule has 0 unspecified atom stereocenters. The zero-order chi connectivity index (χ0) is 15.9. The minimum absolute atomic E-state index is 0.0230. The lowest BCUT2D eigenvalue weighted by molar-refractivity contribution is -0.137. The largest absolute Gasteiger partial charge is 0.481 e. The van der Waals surface area contributed by atoms with Crippen LogP contribution in [0.15, 0.2) is 16.8 Å². The number of rotatable bonds is 6. The summed E-state index contributed by atoms with van der Waals surface area (Å²) in [6, 6.07) is 1.81. The number of amides is 2. The number of hydrogen-bond acceptors (Lipinski definition) is 4. The first kappa shape index (κ1) is 16.5. The van der Waals surface area contributed by atoms with Crippen LogP contribution in [0.2, 0.25) is 0 Å². The first-order chi connectivity index (χ1) is 10.6. The quantitative estimate of drug-likeness (QED) is 0.808. The van der Waals surface area contributed by atoms with Gasteiger partial charge in [-0.1, -0.05) is 0 Å². The number of piperazine rings is 1. The molecular formula is C15H20N2O4S. The Hall–Kier alpha value is -1.89. The number of unbranched alkanes of at least 4 members (excludes halogenated alkanes) is 1. The van der Waals surface area contributed by atoms with Gasteiger partial charge in [-0.2, -0.15) is 11.3 Å². The summed E-state index contributed by atoms with van der Waals surface area (Å²) in [6.07, 6.45) is 1.61. The molecule has 2 amide bonds. The van der Waals surface area contributed by atoms with Gasteiger partial charge in [0.15, 0.2) is 0 Å². The van der Waals surface area contributed by atoms with E-state index < -0.39 is 5.97 Å². The molecule has 7 heteroatoms. The van der Waals surface area contributed by atoms with Crippen molar-refractivity contribution in [1.82, 2.24) is 9.80 Å². The van der Waals surface area contributed by atoms with Crippen LogP contribution < -0.4 is 0 Å². The molecule has 1 aromatic rings. The molecule has 1 aliphatic heterocycles. The highest BCUT2D eigenvalue weighted by Gasteiger charge is 2.24. The van der Waals surface area contributed by atoms with Crippen molar-refractivity contribution in [3.05, 3.63) is 22.4 Å². The molecule has 0 bridgehead atoms. The van der Waals surface area contributed by atoms with E-state index in [1.807, 2.05) is 16.8 Å². The van der Waals surface area contributed by atoms with Gasteiger partial charge in [0.05, 0.1) is 5.56 Å². The molecule has 0 spiro atoms. The highest BCUT2D eigenvalue weighted by molar-refractivity contribution is 7.08. The Morgan fingerprint density at radius 2 is 1.68 bits per heavy atom. The molecule has 1 saturated heterocycles. The van der Waals surface area contributed by atoms with Crippen molar-refractivity contribution < 1.29 is 19.5 Å². The third kappa shape index (κ3) is 4.56. The van der Waals surface area contributed by atoms with E-state index in [2.05, 4.69) is 0 Å². The molecule has 22 heavy (non-hydrogen) atoms. The van der Waals surface area contributed by atoms with Gasteiger partial charge in [0.1, 0.15) is 0 Å². The molecule has 1 N–H and O–H groups in total. The SMILES string of the molecule is O=C(O)CCCCC(=O)N1CCN(C(=O)c2ccsc2)CC1. The van der Waals surface area contributed by atoms with Gasteiger partial charge >= 0.3 is 5.97 Å². The average Bonchev–Trinajstić information content (AvgIpc) is 3.05. The summed E-state index contributed by atoms with van der Waals surface area (Å²) in [5.74, 6) is -0.754. The molecule has 1 fully saturated rings. The van der Waals surface area contributed by atoms with E-state index in [1.54, 1.807) is 9.80 Å². The second-order valence-corrected chi connectivity index (χ2v) is 6.07. The predicted molar refractivity (Wildman–Crippen MR) is 82.9 cm³/mol. The Balaban J connectivity index is 1.71. The monoisotopic (exact) mass is 324 g/mol. The van der Waals surface area contributed by atoms with Crippen LogP contribution in [0.3, 0.4) is 0 Å². The highest BCUT2D eigenvalue weighted by Crippen LogP contribution is 2.13. The Kier molecular flexibility index (Phi) is 5.94. The highest BCUT2D eigenvalue weighted by atomic mass is 32.1. The zero-order valence-electron chi connectivity index (χ0n) is 12.4. The number of carboxylic acids is 1. The molecule has 0 saturated carbocycles. The third-order valence-corrected chi connectivity index (χ3v) is 4.40. The van der Waals surface area contributed by atoms with Crippen LogP contribution in [-0.4, -0.2) is 58.9 Å². The van der Waals surface area contributed by atoms with Crippen LogP contribution in [0.5, 0.6) is 0 Å². The van der Waals surface area contributed by atoms with Crippen molar-refractivity contribution in [1.29, 1.82) is 0 Å². The van der Waals surface area contributed by atoms with Crippen LogP contribution in [0.1, 0.15) is 36.0 Å². The van der Waals surface area contributed by atoms with E-state index in [1.165, 1.54) is 11.3 Å². The van der Waals surface area contributed by atoms with Gasteiger partial charge in [0, 0.05) is 44.4 Å². The Morgan fingerprint density at radius 1 is 1.05 bits per heavy atom. The maximum absolute atomic E-state index is 12.2. The van der Waals surface area contributed by atoms with Gasteiger partial charge in [0.2, 0.25) is 5.91 Å². The van der Waals surface area contributed by atoms with Crippen molar-refractivity contribution >= 4 is 29.1 Å². The van der Waals surface area contributed by atoms with Crippen LogP contribution in [0.4, 0.5) is 0 Å². The summed E-state index contributed by atoms with van der Waals surface area (Å²) in [5, 5.41) is 12.3. The van der Waals surface area contributed by atoms with Gasteiger partial charge < -0.3 is 14.9 Å². The summed E-state index contributed by atoms with van der Waals surface area (Å²) >= 11 is 1.50. The molecule has 1 aliphatic rings. The van der Waals surface area contributed by atoms with Gasteiger partial charge in [-0.15, -0.1) is 0 Å². The second-order valence-electron chi connectivity index (χ2n) is 5.29. The fraction of sp³-hybridized carbons (Fsp3) is 0.533. The van der Waals surface area contributed by atoms with Gasteiger partial charge in [0.25, 0.3) is 5.91 Å². The number of carbonyl (C=O) groups is 3. The molecule has 2 heterocycles. The number of thiophene rings is 1. The molecule has 0 aliphatic carbocycles. The maximum Gasteiger partial charge on any atom is 0.303 e. The van der Waals surface area contributed by atoms with E-state index >= 15 is 0 Å². The lowest BCUT2D eigenvalue weighted by Gasteiger charge is -2.34. The number of carboxylic acid groups (broad SMARTS) is 1. The standard InChI is InChI=1S/C15H20N2O4S/c18-13(3-1-2-4-14(19)20)16-6-8-17(9-7-16)15(21)12-5-10-22-11-12/h5,10-11H,1-4,6-9H2,(H,19,20). The Labute approximate surface area is 133 Å². The molecule has 0 aromatic carbocycles. The molecule has 0 atom stereocenters. The molecule has 2 rings (SSSR count). The number of carbonyl (C=O) groups excluding carboxylic acids is 2. The van der Waals surface area contributed by atoms with Crippen molar-refractivity contribution in [3.63, 3.8) is 0 Å². The summed E-state index contributed by atoms with van der Waals surface area (Å²) < 4.78 is 0.